The minimum absolute atomic E-state index is 0.0396. The summed E-state index contributed by atoms with van der Waals surface area (Å²) in [5.74, 6) is -6.07. The molecule has 1 rings (SSSR count). The molecule has 0 fully saturated rings. The van der Waals surface area contributed by atoms with Crippen molar-refractivity contribution < 1.29 is 28.5 Å². The molecular formula is C10H10F2O4. The van der Waals surface area contributed by atoms with Gasteiger partial charge in [0.25, 0.3) is 0 Å². The zero-order valence-electron chi connectivity index (χ0n) is 8.19. The lowest BCUT2D eigenvalue weighted by molar-refractivity contribution is -0.166. The topological polar surface area (TPSA) is 66.8 Å². The van der Waals surface area contributed by atoms with Crippen molar-refractivity contribution in [1.82, 2.24) is 0 Å². The molecule has 2 N–H and O–H groups in total. The first kappa shape index (κ1) is 12.4. The minimum Gasteiger partial charge on any atom is -0.491 e. The summed E-state index contributed by atoms with van der Waals surface area (Å²) in [6.45, 7) is -0.290. The molecule has 16 heavy (non-hydrogen) atoms. The summed E-state index contributed by atoms with van der Waals surface area (Å²) in [6, 6.07) is 4.60. The number of hydrogen-bond donors (Lipinski definition) is 2. The molecule has 0 saturated heterocycles. The highest BCUT2D eigenvalue weighted by atomic mass is 19.3. The van der Waals surface area contributed by atoms with Gasteiger partial charge in [0.2, 0.25) is 0 Å². The van der Waals surface area contributed by atoms with E-state index < -0.39 is 17.5 Å². The number of hydrogen-bond acceptors (Lipinski definition) is 3. The van der Waals surface area contributed by atoms with E-state index in [1.165, 1.54) is 12.1 Å². The van der Waals surface area contributed by atoms with Crippen LogP contribution in [-0.2, 0) is 10.7 Å². The smallest absolute Gasteiger partial charge is 0.379 e. The van der Waals surface area contributed by atoms with Crippen LogP contribution in [0.4, 0.5) is 8.78 Å². The zero-order chi connectivity index (χ0) is 12.2. The predicted octanol–water partition coefficient (Wildman–Crippen LogP) is 1.23. The van der Waals surface area contributed by atoms with E-state index in [1.54, 1.807) is 0 Å². The second kappa shape index (κ2) is 4.89. The van der Waals surface area contributed by atoms with Gasteiger partial charge in [-0.3, -0.25) is 0 Å². The van der Waals surface area contributed by atoms with Crippen molar-refractivity contribution in [3.63, 3.8) is 0 Å². The molecule has 0 aromatic heterocycles. The summed E-state index contributed by atoms with van der Waals surface area (Å²) in [6.07, 6.45) is 0. The summed E-state index contributed by atoms with van der Waals surface area (Å²) >= 11 is 0. The lowest BCUT2D eigenvalue weighted by Gasteiger charge is -2.12. The number of ether oxygens (including phenoxy) is 1. The molecule has 0 spiro atoms. The van der Waals surface area contributed by atoms with Crippen LogP contribution in [-0.4, -0.2) is 29.4 Å². The van der Waals surface area contributed by atoms with Crippen molar-refractivity contribution in [1.29, 1.82) is 0 Å². The third-order valence-electron chi connectivity index (χ3n) is 1.83. The molecule has 1 aromatic carbocycles. The van der Waals surface area contributed by atoms with Gasteiger partial charge in [0.1, 0.15) is 12.4 Å². The summed E-state index contributed by atoms with van der Waals surface area (Å²) in [5.41, 5.74) is -0.657. The standard InChI is InChI=1S/C10H10F2O4/c11-10(12,9(14)15)7-2-1-3-8(6-7)16-5-4-13/h1-3,6,13H,4-5H2,(H,14,15). The summed E-state index contributed by atoms with van der Waals surface area (Å²) in [4.78, 5) is 10.3. The van der Waals surface area contributed by atoms with E-state index in [9.17, 15) is 13.6 Å². The molecule has 1 aromatic rings. The Morgan fingerprint density at radius 2 is 2.12 bits per heavy atom. The molecule has 0 radical (unpaired) electrons. The van der Waals surface area contributed by atoms with Crippen LogP contribution < -0.4 is 4.74 Å². The fourth-order valence-electron chi connectivity index (χ4n) is 1.07. The second-order valence-electron chi connectivity index (χ2n) is 2.98. The molecule has 0 aliphatic heterocycles. The number of benzene rings is 1. The highest BCUT2D eigenvalue weighted by Crippen LogP contribution is 2.30. The second-order valence-corrected chi connectivity index (χ2v) is 2.98. The Bertz CT molecular complexity index is 379. The van der Waals surface area contributed by atoms with Gasteiger partial charge in [-0.15, -0.1) is 0 Å². The Morgan fingerprint density at radius 1 is 1.44 bits per heavy atom. The van der Waals surface area contributed by atoms with E-state index in [4.69, 9.17) is 14.9 Å². The third-order valence-corrected chi connectivity index (χ3v) is 1.83. The predicted molar refractivity (Wildman–Crippen MR) is 50.6 cm³/mol. The fourth-order valence-corrected chi connectivity index (χ4v) is 1.07. The Morgan fingerprint density at radius 3 is 2.69 bits per heavy atom. The van der Waals surface area contributed by atoms with Crippen molar-refractivity contribution in [2.45, 2.75) is 5.92 Å². The molecule has 88 valence electrons. The Balaban J connectivity index is 2.93. The van der Waals surface area contributed by atoms with Crippen LogP contribution in [0.2, 0.25) is 0 Å². The molecule has 0 atom stereocenters. The Hall–Kier alpha value is -1.69. The molecule has 0 unspecified atom stereocenters. The van der Waals surface area contributed by atoms with Crippen molar-refractivity contribution in [3.05, 3.63) is 29.8 Å². The van der Waals surface area contributed by atoms with Gasteiger partial charge < -0.3 is 14.9 Å². The van der Waals surface area contributed by atoms with Crippen LogP contribution in [0.1, 0.15) is 5.56 Å². The maximum atomic E-state index is 13.1. The Labute approximate surface area is 90.1 Å². The van der Waals surface area contributed by atoms with Gasteiger partial charge in [0, 0.05) is 5.56 Å². The highest BCUT2D eigenvalue weighted by Gasteiger charge is 2.41. The Kier molecular flexibility index (Phi) is 3.78. The number of carboxylic acids is 1. The fraction of sp³-hybridized carbons (Fsp3) is 0.300. The lowest BCUT2D eigenvalue weighted by atomic mass is 10.1. The molecular weight excluding hydrogens is 222 g/mol. The SMILES string of the molecule is O=C(O)C(F)(F)c1cccc(OCCO)c1. The van der Waals surface area contributed by atoms with Crippen LogP contribution in [0.15, 0.2) is 24.3 Å². The van der Waals surface area contributed by atoms with E-state index in [0.717, 1.165) is 12.1 Å². The molecule has 0 amide bonds. The molecule has 4 nitrogen and oxygen atoms in total. The van der Waals surface area contributed by atoms with Crippen LogP contribution >= 0.6 is 0 Å². The molecule has 0 saturated carbocycles. The number of alkyl halides is 2. The summed E-state index contributed by atoms with van der Waals surface area (Å²) in [7, 11) is 0. The van der Waals surface area contributed by atoms with Crippen LogP contribution in [0, 0.1) is 0 Å². The number of carbonyl (C=O) groups is 1. The molecule has 0 aliphatic rings. The van der Waals surface area contributed by atoms with Crippen LogP contribution in [0.5, 0.6) is 5.75 Å². The van der Waals surface area contributed by atoms with E-state index in [1.807, 2.05) is 0 Å². The van der Waals surface area contributed by atoms with Crippen molar-refractivity contribution in [3.8, 4) is 5.75 Å². The van der Waals surface area contributed by atoms with E-state index in [-0.39, 0.29) is 19.0 Å². The maximum absolute atomic E-state index is 13.1. The average Bonchev–Trinajstić information content (AvgIpc) is 2.26. The minimum atomic E-state index is -3.95. The first-order valence-corrected chi connectivity index (χ1v) is 4.44. The van der Waals surface area contributed by atoms with Gasteiger partial charge in [-0.05, 0) is 12.1 Å². The highest BCUT2D eigenvalue weighted by molar-refractivity contribution is 5.77. The first-order valence-electron chi connectivity index (χ1n) is 4.44. The number of rotatable bonds is 5. The van der Waals surface area contributed by atoms with Gasteiger partial charge in [-0.1, -0.05) is 12.1 Å². The number of aliphatic hydroxyl groups excluding tert-OH is 1. The average molecular weight is 232 g/mol. The van der Waals surface area contributed by atoms with Crippen molar-refractivity contribution in [2.24, 2.45) is 0 Å². The first-order chi connectivity index (χ1) is 7.48. The number of halogens is 2. The summed E-state index contributed by atoms with van der Waals surface area (Å²) in [5, 5.41) is 16.8. The third kappa shape index (κ3) is 2.66. The van der Waals surface area contributed by atoms with Crippen molar-refractivity contribution >= 4 is 5.97 Å². The number of aliphatic hydroxyl groups is 1. The molecule has 0 heterocycles. The lowest BCUT2D eigenvalue weighted by Crippen LogP contribution is -2.25. The van der Waals surface area contributed by atoms with Gasteiger partial charge >= 0.3 is 11.9 Å². The monoisotopic (exact) mass is 232 g/mol. The van der Waals surface area contributed by atoms with E-state index in [0.29, 0.717) is 0 Å². The number of aliphatic carboxylic acids is 1. The van der Waals surface area contributed by atoms with E-state index >= 15 is 0 Å². The molecule has 6 heteroatoms. The normalized spacial score (nSPS) is 11.2. The summed E-state index contributed by atoms with van der Waals surface area (Å²) < 4.78 is 31.0. The molecule has 0 aliphatic carbocycles. The van der Waals surface area contributed by atoms with Crippen LogP contribution in [0.3, 0.4) is 0 Å². The maximum Gasteiger partial charge on any atom is 0.379 e. The van der Waals surface area contributed by atoms with Gasteiger partial charge in [-0.25, -0.2) is 4.79 Å². The van der Waals surface area contributed by atoms with E-state index in [2.05, 4.69) is 0 Å². The van der Waals surface area contributed by atoms with Crippen molar-refractivity contribution in [2.75, 3.05) is 13.2 Å². The number of carboxylic acid groups (broad SMARTS) is 1. The van der Waals surface area contributed by atoms with Crippen LogP contribution in [0.25, 0.3) is 0 Å². The van der Waals surface area contributed by atoms with Gasteiger partial charge in [-0.2, -0.15) is 8.78 Å². The quantitative estimate of drug-likeness (QED) is 0.801. The molecule has 0 bridgehead atoms. The zero-order valence-corrected chi connectivity index (χ0v) is 8.19. The largest absolute Gasteiger partial charge is 0.491 e. The van der Waals surface area contributed by atoms with Gasteiger partial charge in [0.05, 0.1) is 6.61 Å². The van der Waals surface area contributed by atoms with Gasteiger partial charge in [0.15, 0.2) is 0 Å².